The number of aromatic nitrogens is 1. The minimum absolute atomic E-state index is 0. The molecule has 232 valence electrons. The van der Waals surface area contributed by atoms with Crippen molar-refractivity contribution < 1.29 is 38.7 Å². The topological polar surface area (TPSA) is 102 Å². The number of benzene rings is 4. The van der Waals surface area contributed by atoms with E-state index in [0.717, 1.165) is 33.4 Å². The molecule has 5 aromatic rings. The fraction of sp³-hybridized carbons (Fsp3) is 0.154. The zero-order chi connectivity index (χ0) is 32.5. The number of carbonyl (C=O) groups is 2. The number of carbonyl (C=O) groups excluding carboxylic acids is 2. The summed E-state index contributed by atoms with van der Waals surface area (Å²) in [6.45, 7) is 1.97. The number of carboxylic acids is 1. The molecule has 0 aliphatic carbocycles. The van der Waals surface area contributed by atoms with Crippen LogP contribution < -0.4 is 29.3 Å². The zero-order valence-corrected chi connectivity index (χ0v) is 27.5. The quantitative estimate of drug-likeness (QED) is 0.205. The summed E-state index contributed by atoms with van der Waals surface area (Å²) in [5.74, 6) is -1.21. The third-order valence-corrected chi connectivity index (χ3v) is 8.65. The van der Waals surface area contributed by atoms with Crippen LogP contribution in [0.25, 0.3) is 23.3 Å². The molecule has 8 heteroatoms. The minimum atomic E-state index is -1.44. The van der Waals surface area contributed by atoms with Gasteiger partial charge in [0.1, 0.15) is 5.60 Å². The van der Waals surface area contributed by atoms with E-state index in [1.807, 2.05) is 128 Å². The molecule has 2 N–H and O–H groups in total. The van der Waals surface area contributed by atoms with Gasteiger partial charge in [-0.25, -0.2) is 0 Å². The maximum atomic E-state index is 13.5. The maximum absolute atomic E-state index is 13.5. The van der Waals surface area contributed by atoms with Gasteiger partial charge in [-0.05, 0) is 82.5 Å². The van der Waals surface area contributed by atoms with Gasteiger partial charge >= 0.3 is 18.9 Å². The van der Waals surface area contributed by atoms with Gasteiger partial charge in [-0.1, -0.05) is 103 Å². The van der Waals surface area contributed by atoms with Crippen LogP contribution >= 0.6 is 11.8 Å². The van der Waals surface area contributed by atoms with Crippen molar-refractivity contribution in [3.05, 3.63) is 161 Å². The number of aliphatic carboxylic acids is 1. The van der Waals surface area contributed by atoms with Gasteiger partial charge in [0.15, 0.2) is 0 Å². The average molecular weight is 635 g/mol. The molecule has 0 saturated heterocycles. The van der Waals surface area contributed by atoms with Crippen LogP contribution in [0.3, 0.4) is 0 Å². The fourth-order valence-electron chi connectivity index (χ4n) is 5.57. The van der Waals surface area contributed by atoms with Crippen LogP contribution in [0.1, 0.15) is 50.2 Å². The van der Waals surface area contributed by atoms with Crippen molar-refractivity contribution in [3.8, 4) is 11.1 Å². The monoisotopic (exact) mass is 634 g/mol. The summed E-state index contributed by atoms with van der Waals surface area (Å²) in [7, 11) is 0. The Kier molecular flexibility index (Phi) is 12.4. The van der Waals surface area contributed by atoms with Crippen molar-refractivity contribution >= 4 is 35.8 Å². The molecular weight excluding hydrogens is 599 g/mol. The number of hydrogen-bond acceptors (Lipinski definition) is 6. The van der Waals surface area contributed by atoms with E-state index >= 15 is 0 Å². The molecule has 4 aromatic carbocycles. The van der Waals surface area contributed by atoms with Crippen molar-refractivity contribution in [1.29, 1.82) is 0 Å². The Labute approximate surface area is 292 Å². The molecule has 1 aromatic heterocycles. The van der Waals surface area contributed by atoms with Crippen LogP contribution in [-0.4, -0.2) is 40.0 Å². The molecule has 5 rings (SSSR count). The van der Waals surface area contributed by atoms with Gasteiger partial charge in [-0.15, -0.1) is 0 Å². The van der Waals surface area contributed by atoms with E-state index < -0.39 is 23.5 Å². The number of pyridine rings is 1. The van der Waals surface area contributed by atoms with Crippen LogP contribution in [0.5, 0.6) is 0 Å². The zero-order valence-electron chi connectivity index (χ0n) is 26.7. The standard InChI is InChI=1S/C39H36N2O4S.Li/c1-27-11-9-10-16-32(27)34-25-28(18-20-33(34)37(42)41-36(38(43)44)22-24-46-2)17-19-29-26-40-23-21-35(29)39(45,30-12-5-3-6-13-30)31-14-7-4-8-15-31;/h3-21,23,25-26,36,45H,22,24H2,1-2H3,(H,41,42)(H,43,44);/q;+1/p-1/b19-17+;. The van der Waals surface area contributed by atoms with Gasteiger partial charge in [-0.2, -0.15) is 11.8 Å². The summed E-state index contributed by atoms with van der Waals surface area (Å²) >= 11 is 1.51. The second-order valence-corrected chi connectivity index (χ2v) is 12.0. The van der Waals surface area contributed by atoms with E-state index in [4.69, 9.17) is 0 Å². The molecule has 0 spiro atoms. The van der Waals surface area contributed by atoms with Gasteiger partial charge in [-0.3, -0.25) is 9.78 Å². The maximum Gasteiger partial charge on any atom is 1.00 e. The number of hydrogen-bond donors (Lipinski definition) is 2. The molecule has 1 amide bonds. The van der Waals surface area contributed by atoms with E-state index in [-0.39, 0.29) is 25.3 Å². The van der Waals surface area contributed by atoms with Gasteiger partial charge in [0.25, 0.3) is 5.91 Å². The molecule has 6 nitrogen and oxygen atoms in total. The second-order valence-electron chi connectivity index (χ2n) is 11.0. The van der Waals surface area contributed by atoms with Crippen LogP contribution in [0.2, 0.25) is 0 Å². The Bertz CT molecular complexity index is 1810. The van der Waals surface area contributed by atoms with Gasteiger partial charge in [0.05, 0.1) is 12.0 Å². The Morgan fingerprint density at radius 2 is 1.53 bits per heavy atom. The number of amides is 1. The molecule has 47 heavy (non-hydrogen) atoms. The van der Waals surface area contributed by atoms with E-state index in [0.29, 0.717) is 22.4 Å². The molecule has 0 radical (unpaired) electrons. The number of thioether (sulfide) groups is 1. The number of rotatable bonds is 12. The molecular formula is C39H35LiN2O4S. The molecule has 0 saturated carbocycles. The minimum Gasteiger partial charge on any atom is -0.548 e. The summed E-state index contributed by atoms with van der Waals surface area (Å²) < 4.78 is 0. The summed E-state index contributed by atoms with van der Waals surface area (Å²) in [4.78, 5) is 29.6. The normalized spacial score (nSPS) is 11.9. The molecule has 0 bridgehead atoms. The first-order chi connectivity index (χ1) is 22.3. The van der Waals surface area contributed by atoms with E-state index in [9.17, 15) is 19.8 Å². The van der Waals surface area contributed by atoms with Crippen molar-refractivity contribution in [1.82, 2.24) is 10.3 Å². The molecule has 0 fully saturated rings. The predicted molar refractivity (Wildman–Crippen MR) is 184 cm³/mol. The van der Waals surface area contributed by atoms with Gasteiger partial charge < -0.3 is 20.3 Å². The Hall–Kier alpha value is -4.38. The first-order valence-electron chi connectivity index (χ1n) is 15.0. The van der Waals surface area contributed by atoms with Crippen molar-refractivity contribution in [2.24, 2.45) is 0 Å². The van der Waals surface area contributed by atoms with E-state index in [1.54, 1.807) is 18.5 Å². The van der Waals surface area contributed by atoms with Crippen molar-refractivity contribution in [3.63, 3.8) is 0 Å². The second kappa shape index (κ2) is 16.4. The Balaban J connectivity index is 0.00000500. The van der Waals surface area contributed by atoms with Crippen molar-refractivity contribution in [2.45, 2.75) is 25.0 Å². The first-order valence-corrected chi connectivity index (χ1v) is 16.4. The third-order valence-electron chi connectivity index (χ3n) is 8.00. The van der Waals surface area contributed by atoms with Gasteiger partial charge in [0.2, 0.25) is 0 Å². The van der Waals surface area contributed by atoms with Crippen LogP contribution in [0, 0.1) is 6.92 Å². The smallest absolute Gasteiger partial charge is 0.548 e. The number of carboxylic acid groups (broad SMARTS) is 1. The molecule has 1 atom stereocenters. The summed E-state index contributed by atoms with van der Waals surface area (Å²) in [6.07, 6.45) is 9.37. The number of nitrogens with zero attached hydrogens (tertiary/aromatic N) is 1. The van der Waals surface area contributed by atoms with E-state index in [2.05, 4.69) is 10.3 Å². The molecule has 1 heterocycles. The molecule has 0 aliphatic heterocycles. The van der Waals surface area contributed by atoms with Crippen molar-refractivity contribution in [2.75, 3.05) is 12.0 Å². The largest absolute Gasteiger partial charge is 1.00 e. The Morgan fingerprint density at radius 3 is 2.15 bits per heavy atom. The Morgan fingerprint density at radius 1 is 0.894 bits per heavy atom. The summed E-state index contributed by atoms with van der Waals surface area (Å²) in [5.41, 5.74) is 5.11. The molecule has 1 unspecified atom stereocenters. The SMILES string of the molecule is CSCCC(NC(=O)c1ccc(/C=C/c2cnccc2C(O)(c2ccccc2)c2ccccc2)cc1-c1ccccc1C)C(=O)[O-].[Li+]. The van der Waals surface area contributed by atoms with E-state index in [1.165, 1.54) is 11.8 Å². The molecule has 0 aliphatic rings. The van der Waals surface area contributed by atoms with Crippen LogP contribution in [-0.2, 0) is 10.4 Å². The van der Waals surface area contributed by atoms with Crippen LogP contribution in [0.4, 0.5) is 0 Å². The van der Waals surface area contributed by atoms with Gasteiger partial charge in [0, 0.05) is 23.5 Å². The first kappa shape index (κ1) is 35.5. The summed E-state index contributed by atoms with van der Waals surface area (Å²) in [6, 6.07) is 33.0. The number of aryl methyl sites for hydroxylation is 1. The third kappa shape index (κ3) is 8.13. The number of aliphatic hydroxyl groups is 1. The number of nitrogens with one attached hydrogen (secondary N) is 1. The summed E-state index contributed by atoms with van der Waals surface area (Å²) in [5, 5.41) is 26.9. The fourth-order valence-corrected chi connectivity index (χ4v) is 6.04. The predicted octanol–water partition coefficient (Wildman–Crippen LogP) is 3.12. The average Bonchev–Trinajstić information content (AvgIpc) is 3.09. The van der Waals surface area contributed by atoms with Crippen LogP contribution in [0.15, 0.2) is 122 Å².